The zero-order chi connectivity index (χ0) is 25.2. The highest BCUT2D eigenvalue weighted by atomic mass is 19.4. The van der Waals surface area contributed by atoms with Crippen molar-refractivity contribution in [2.24, 2.45) is 5.92 Å². The second kappa shape index (κ2) is 10.2. The highest BCUT2D eigenvalue weighted by Crippen LogP contribution is 2.37. The van der Waals surface area contributed by atoms with Crippen LogP contribution in [0, 0.1) is 11.7 Å². The molecule has 1 amide bonds. The van der Waals surface area contributed by atoms with E-state index in [2.05, 4.69) is 4.90 Å². The van der Waals surface area contributed by atoms with Gasteiger partial charge in [0.05, 0.1) is 18.1 Å². The van der Waals surface area contributed by atoms with Crippen LogP contribution in [0.25, 0.3) is 0 Å². The fourth-order valence-electron chi connectivity index (χ4n) is 4.78. The van der Waals surface area contributed by atoms with E-state index in [1.807, 2.05) is 19.9 Å². The summed E-state index contributed by atoms with van der Waals surface area (Å²) < 4.78 is 58.8. The van der Waals surface area contributed by atoms with Gasteiger partial charge in [0.25, 0.3) is 5.91 Å². The summed E-state index contributed by atoms with van der Waals surface area (Å²) in [5.74, 6) is -0.923. The molecule has 1 fully saturated rings. The van der Waals surface area contributed by atoms with Crippen LogP contribution in [0.1, 0.15) is 46.8 Å². The van der Waals surface area contributed by atoms with Crippen molar-refractivity contribution in [2.45, 2.75) is 38.5 Å². The molecular weight excluding hydrogens is 460 g/mol. The number of rotatable bonds is 7. The van der Waals surface area contributed by atoms with Crippen molar-refractivity contribution in [3.63, 3.8) is 0 Å². The van der Waals surface area contributed by atoms with E-state index >= 15 is 0 Å². The zero-order valence-electron chi connectivity index (χ0n) is 19.6. The average molecular weight is 489 g/mol. The van der Waals surface area contributed by atoms with Gasteiger partial charge in [-0.1, -0.05) is 18.2 Å². The molecule has 0 saturated carbocycles. The molecular formula is C27H28F4N2O2. The molecule has 2 heterocycles. The molecule has 1 aliphatic heterocycles. The maximum absolute atomic E-state index is 13.4. The fourth-order valence-corrected chi connectivity index (χ4v) is 4.78. The third-order valence-corrected chi connectivity index (χ3v) is 6.55. The lowest BCUT2D eigenvalue weighted by atomic mass is 9.87. The first-order valence-corrected chi connectivity index (χ1v) is 11.6. The first-order chi connectivity index (χ1) is 16.6. The molecule has 4 rings (SSSR count). The summed E-state index contributed by atoms with van der Waals surface area (Å²) >= 11 is 0. The third kappa shape index (κ3) is 5.93. The maximum atomic E-state index is 13.4. The topological polar surface area (TPSA) is 36.7 Å². The minimum Gasteiger partial charge on any atom is -0.472 e. The van der Waals surface area contributed by atoms with Crippen LogP contribution >= 0.6 is 0 Å². The Kier molecular flexibility index (Phi) is 7.31. The number of likely N-dealkylation sites (tertiary alicyclic amines) is 1. The number of amides is 1. The number of hydrogen-bond donors (Lipinski definition) is 0. The maximum Gasteiger partial charge on any atom is 0.416 e. The molecule has 0 radical (unpaired) electrons. The number of nitrogens with zero attached hydrogens (tertiary/aromatic N) is 2. The van der Waals surface area contributed by atoms with Crippen LogP contribution in [0.5, 0.6) is 0 Å². The predicted molar refractivity (Wildman–Crippen MR) is 124 cm³/mol. The normalized spacial score (nSPS) is 18.8. The van der Waals surface area contributed by atoms with Crippen LogP contribution in [-0.4, -0.2) is 41.4 Å². The van der Waals surface area contributed by atoms with E-state index in [-0.39, 0.29) is 23.8 Å². The molecule has 4 nitrogen and oxygen atoms in total. The molecule has 0 aliphatic carbocycles. The highest BCUT2D eigenvalue weighted by Gasteiger charge is 2.38. The van der Waals surface area contributed by atoms with Crippen molar-refractivity contribution >= 4 is 5.91 Å². The van der Waals surface area contributed by atoms with Crippen LogP contribution in [-0.2, 0) is 12.7 Å². The monoisotopic (exact) mass is 488 g/mol. The molecule has 35 heavy (non-hydrogen) atoms. The standard InChI is InChI=1S/C27H28F4N2O2/c1-18(2)33(26(34)20-6-8-24(28)9-7-20)15-22-14-32(13-19-10-11-35-17-19)16-25(22)21-4-3-5-23(12-21)27(29,30)31/h3-12,17-18,22,25H,13-16H2,1-2H3. The Morgan fingerprint density at radius 2 is 1.86 bits per heavy atom. The zero-order valence-corrected chi connectivity index (χ0v) is 19.6. The Bertz CT molecular complexity index is 1130. The molecule has 1 aliphatic rings. The van der Waals surface area contributed by atoms with Gasteiger partial charge in [0, 0.05) is 49.3 Å². The fraction of sp³-hybridized carbons (Fsp3) is 0.370. The summed E-state index contributed by atoms with van der Waals surface area (Å²) in [7, 11) is 0. The van der Waals surface area contributed by atoms with Crippen molar-refractivity contribution in [1.82, 2.24) is 9.80 Å². The second-order valence-corrected chi connectivity index (χ2v) is 9.37. The number of alkyl halides is 3. The summed E-state index contributed by atoms with van der Waals surface area (Å²) in [5.41, 5.74) is 1.29. The van der Waals surface area contributed by atoms with Crippen molar-refractivity contribution in [1.29, 1.82) is 0 Å². The number of carbonyl (C=O) groups excluding carboxylic acids is 1. The molecule has 2 aromatic carbocycles. The van der Waals surface area contributed by atoms with Gasteiger partial charge in [0.2, 0.25) is 0 Å². The molecule has 8 heteroatoms. The summed E-state index contributed by atoms with van der Waals surface area (Å²) in [6.07, 6.45) is -1.18. The van der Waals surface area contributed by atoms with E-state index in [0.29, 0.717) is 37.3 Å². The Morgan fingerprint density at radius 1 is 1.11 bits per heavy atom. The Morgan fingerprint density at radius 3 is 2.49 bits per heavy atom. The molecule has 2 atom stereocenters. The van der Waals surface area contributed by atoms with Gasteiger partial charge in [-0.15, -0.1) is 0 Å². The summed E-state index contributed by atoms with van der Waals surface area (Å²) in [5, 5.41) is 0. The quantitative estimate of drug-likeness (QED) is 0.372. The van der Waals surface area contributed by atoms with Gasteiger partial charge in [-0.3, -0.25) is 9.69 Å². The van der Waals surface area contributed by atoms with Crippen LogP contribution in [0.4, 0.5) is 17.6 Å². The first kappa shape index (κ1) is 25.0. The first-order valence-electron chi connectivity index (χ1n) is 11.6. The highest BCUT2D eigenvalue weighted by molar-refractivity contribution is 5.94. The lowest BCUT2D eigenvalue weighted by Crippen LogP contribution is -2.42. The molecule has 0 spiro atoms. The largest absolute Gasteiger partial charge is 0.472 e. The molecule has 186 valence electrons. The lowest BCUT2D eigenvalue weighted by molar-refractivity contribution is -0.137. The van der Waals surface area contributed by atoms with E-state index in [9.17, 15) is 22.4 Å². The van der Waals surface area contributed by atoms with Crippen molar-refractivity contribution < 1.29 is 26.8 Å². The van der Waals surface area contributed by atoms with E-state index in [0.717, 1.165) is 11.6 Å². The Balaban J connectivity index is 1.61. The molecule has 1 saturated heterocycles. The van der Waals surface area contributed by atoms with Crippen molar-refractivity contribution in [2.75, 3.05) is 19.6 Å². The van der Waals surface area contributed by atoms with Gasteiger partial charge in [0.15, 0.2) is 0 Å². The number of carbonyl (C=O) groups is 1. The van der Waals surface area contributed by atoms with E-state index < -0.39 is 17.6 Å². The van der Waals surface area contributed by atoms with Gasteiger partial charge in [0.1, 0.15) is 5.82 Å². The minimum atomic E-state index is -4.43. The Hall–Kier alpha value is -3.13. The van der Waals surface area contributed by atoms with Gasteiger partial charge < -0.3 is 9.32 Å². The summed E-state index contributed by atoms with van der Waals surface area (Å²) in [6.45, 7) is 5.96. The average Bonchev–Trinajstić information content (AvgIpc) is 3.47. The number of furan rings is 1. The minimum absolute atomic E-state index is 0.0859. The number of hydrogen-bond acceptors (Lipinski definition) is 3. The summed E-state index contributed by atoms with van der Waals surface area (Å²) in [4.78, 5) is 17.2. The van der Waals surface area contributed by atoms with E-state index in [1.54, 1.807) is 23.5 Å². The molecule has 1 aromatic heterocycles. The van der Waals surface area contributed by atoms with Crippen LogP contribution in [0.15, 0.2) is 71.5 Å². The van der Waals surface area contributed by atoms with Crippen LogP contribution in [0.3, 0.4) is 0 Å². The van der Waals surface area contributed by atoms with Gasteiger partial charge in [-0.25, -0.2) is 4.39 Å². The molecule has 2 unspecified atom stereocenters. The Labute approximate surface area is 202 Å². The lowest BCUT2D eigenvalue weighted by Gasteiger charge is -2.32. The third-order valence-electron chi connectivity index (χ3n) is 6.55. The summed E-state index contributed by atoms with van der Waals surface area (Å²) in [6, 6.07) is 12.6. The van der Waals surface area contributed by atoms with Crippen molar-refractivity contribution in [3.05, 3.63) is 95.2 Å². The molecule has 0 bridgehead atoms. The number of halogens is 4. The second-order valence-electron chi connectivity index (χ2n) is 9.37. The molecule has 3 aromatic rings. The van der Waals surface area contributed by atoms with Gasteiger partial charge >= 0.3 is 6.18 Å². The van der Waals surface area contributed by atoms with E-state index in [4.69, 9.17) is 4.42 Å². The van der Waals surface area contributed by atoms with Gasteiger partial charge in [-0.05, 0) is 61.7 Å². The van der Waals surface area contributed by atoms with Crippen molar-refractivity contribution in [3.8, 4) is 0 Å². The van der Waals surface area contributed by atoms with E-state index in [1.165, 1.54) is 36.4 Å². The van der Waals surface area contributed by atoms with Crippen LogP contribution < -0.4 is 0 Å². The smallest absolute Gasteiger partial charge is 0.416 e. The SMILES string of the molecule is CC(C)N(CC1CN(Cc2ccoc2)CC1c1cccc(C(F)(F)F)c1)C(=O)c1ccc(F)cc1. The molecule has 0 N–H and O–H groups in total. The predicted octanol–water partition coefficient (Wildman–Crippen LogP) is 6.20. The van der Waals surface area contributed by atoms with Gasteiger partial charge in [-0.2, -0.15) is 13.2 Å². The number of benzene rings is 2. The van der Waals surface area contributed by atoms with Crippen LogP contribution in [0.2, 0.25) is 0 Å².